The van der Waals surface area contributed by atoms with Crippen LogP contribution < -0.4 is 15.8 Å². The minimum atomic E-state index is -0.0925. The highest BCUT2D eigenvalue weighted by Crippen LogP contribution is 2.33. The molecule has 0 unspecified atom stereocenters. The normalized spacial score (nSPS) is 21.9. The molecule has 174 valence electrons. The molecule has 2 N–H and O–H groups in total. The molecule has 1 amide bonds. The quantitative estimate of drug-likeness (QED) is 0.577. The van der Waals surface area contributed by atoms with E-state index in [9.17, 15) is 9.59 Å². The first-order valence-corrected chi connectivity index (χ1v) is 13.0. The van der Waals surface area contributed by atoms with Crippen molar-refractivity contribution in [2.45, 2.75) is 58.4 Å². The van der Waals surface area contributed by atoms with Gasteiger partial charge in [0.2, 0.25) is 11.9 Å². The summed E-state index contributed by atoms with van der Waals surface area (Å²) in [5.41, 5.74) is 3.93. The highest BCUT2D eigenvalue weighted by Gasteiger charge is 2.30. The summed E-state index contributed by atoms with van der Waals surface area (Å²) in [6.45, 7) is 5.76. The number of nitrogens with zero attached hydrogens (tertiary/aromatic N) is 2. The monoisotopic (exact) mass is 464 g/mol. The zero-order valence-electron chi connectivity index (χ0n) is 19.4. The third kappa shape index (κ3) is 4.56. The molecule has 6 nitrogen and oxygen atoms in total. The van der Waals surface area contributed by atoms with Crippen molar-refractivity contribution in [2.24, 2.45) is 11.8 Å². The van der Waals surface area contributed by atoms with E-state index < -0.39 is 0 Å². The molecule has 2 fully saturated rings. The highest BCUT2D eigenvalue weighted by molar-refractivity contribution is 7.17. The average molecular weight is 465 g/mol. The second-order valence-electron chi connectivity index (χ2n) is 9.72. The predicted octanol–water partition coefficient (Wildman–Crippen LogP) is 4.87. The van der Waals surface area contributed by atoms with Crippen molar-refractivity contribution < 1.29 is 4.79 Å². The Kier molecular flexibility index (Phi) is 6.23. The summed E-state index contributed by atoms with van der Waals surface area (Å²) in [6.07, 6.45) is 6.35. The van der Waals surface area contributed by atoms with Crippen LogP contribution in [0.2, 0.25) is 0 Å². The number of thiophene rings is 1. The van der Waals surface area contributed by atoms with E-state index >= 15 is 0 Å². The van der Waals surface area contributed by atoms with Gasteiger partial charge in [0.15, 0.2) is 0 Å². The van der Waals surface area contributed by atoms with Gasteiger partial charge >= 0.3 is 0 Å². The molecule has 3 heterocycles. The van der Waals surface area contributed by atoms with Gasteiger partial charge in [-0.25, -0.2) is 4.98 Å². The fraction of sp³-hybridized carbons (Fsp3) is 0.500. The molecule has 33 heavy (non-hydrogen) atoms. The minimum absolute atomic E-state index is 0.0369. The first-order valence-electron chi connectivity index (χ1n) is 12.1. The average Bonchev–Trinajstić information content (AvgIpc) is 3.25. The summed E-state index contributed by atoms with van der Waals surface area (Å²) in [7, 11) is 0. The number of carbonyl (C=O) groups excluding carboxylic acids is 1. The maximum atomic E-state index is 12.9. The maximum absolute atomic E-state index is 12.9. The molecule has 2 atom stereocenters. The van der Waals surface area contributed by atoms with Crippen LogP contribution in [-0.4, -0.2) is 35.0 Å². The number of piperidine rings is 1. The smallest absolute Gasteiger partial charge is 0.270 e. The van der Waals surface area contributed by atoms with Gasteiger partial charge in [-0.2, -0.15) is 0 Å². The van der Waals surface area contributed by atoms with Crippen LogP contribution in [0.3, 0.4) is 0 Å². The van der Waals surface area contributed by atoms with Crippen LogP contribution in [0.4, 0.5) is 5.95 Å². The summed E-state index contributed by atoms with van der Waals surface area (Å²) in [5.74, 6) is 1.41. The molecular formula is C26H32N4O2S. The Bertz CT molecular complexity index is 1210. The molecule has 1 aliphatic carbocycles. The Morgan fingerprint density at radius 3 is 2.73 bits per heavy atom. The van der Waals surface area contributed by atoms with Crippen molar-refractivity contribution in [3.8, 4) is 11.1 Å². The van der Waals surface area contributed by atoms with Gasteiger partial charge in [-0.05, 0) is 44.1 Å². The van der Waals surface area contributed by atoms with Crippen LogP contribution in [-0.2, 0) is 4.79 Å². The Morgan fingerprint density at radius 2 is 1.97 bits per heavy atom. The largest absolute Gasteiger partial charge is 0.353 e. The summed E-state index contributed by atoms with van der Waals surface area (Å²) < 4.78 is 0.658. The molecule has 0 spiro atoms. The zero-order valence-corrected chi connectivity index (χ0v) is 20.2. The summed E-state index contributed by atoms with van der Waals surface area (Å²) in [4.78, 5) is 35.7. The van der Waals surface area contributed by atoms with Crippen LogP contribution in [0.1, 0.15) is 51.0 Å². The molecule has 0 bridgehead atoms. The topological polar surface area (TPSA) is 78.1 Å². The van der Waals surface area contributed by atoms with Gasteiger partial charge in [-0.15, -0.1) is 11.3 Å². The number of nitrogens with one attached hydrogen (secondary N) is 2. The number of H-pyrrole nitrogens is 1. The number of anilines is 1. The first kappa shape index (κ1) is 22.1. The van der Waals surface area contributed by atoms with E-state index in [2.05, 4.69) is 47.2 Å². The minimum Gasteiger partial charge on any atom is -0.353 e. The van der Waals surface area contributed by atoms with Crippen LogP contribution >= 0.6 is 11.3 Å². The fourth-order valence-electron chi connectivity index (χ4n) is 5.27. The van der Waals surface area contributed by atoms with Crippen LogP contribution in [0.25, 0.3) is 21.3 Å². The molecule has 1 saturated heterocycles. The van der Waals surface area contributed by atoms with Crippen LogP contribution in [0.15, 0.2) is 34.4 Å². The maximum Gasteiger partial charge on any atom is 0.270 e. The molecule has 7 heteroatoms. The van der Waals surface area contributed by atoms with Gasteiger partial charge in [0.25, 0.3) is 5.56 Å². The van der Waals surface area contributed by atoms with E-state index in [0.717, 1.165) is 49.0 Å². The standard InChI is InChI=1S/C26H32N4O2S/c1-16-6-5-8-19(14-16)20-15-33-23-22(20)28-26(29-25(23)32)30-12-10-18(11-13-30)24(31)27-21-9-4-3-7-17(21)2/h5-6,8,14-15,17-18,21H,3-4,7,9-13H2,1-2H3,(H,27,31)(H,28,29,32)/t17-,21-/m0/s1. The van der Waals surface area contributed by atoms with Crippen molar-refractivity contribution in [1.82, 2.24) is 15.3 Å². The SMILES string of the molecule is Cc1cccc(-c2csc3c(=O)[nH]c(N4CCC(C(=O)N[C@H]5CCCC[C@@H]5C)CC4)nc23)c1. The number of fused-ring (bicyclic) bond motifs is 1. The number of hydrogen-bond acceptors (Lipinski definition) is 5. The Labute approximate surface area is 198 Å². The number of benzene rings is 1. The molecule has 5 rings (SSSR count). The lowest BCUT2D eigenvalue weighted by atomic mass is 9.85. The van der Waals surface area contributed by atoms with E-state index in [1.54, 1.807) is 0 Å². The van der Waals surface area contributed by atoms with Crippen LogP contribution in [0, 0.1) is 18.8 Å². The van der Waals surface area contributed by atoms with Crippen molar-refractivity contribution in [3.63, 3.8) is 0 Å². The summed E-state index contributed by atoms with van der Waals surface area (Å²) in [5, 5.41) is 5.35. The Balaban J connectivity index is 1.31. The van der Waals surface area contributed by atoms with E-state index in [0.29, 0.717) is 22.6 Å². The van der Waals surface area contributed by atoms with Crippen molar-refractivity contribution in [1.29, 1.82) is 0 Å². The van der Waals surface area contributed by atoms with Crippen molar-refractivity contribution in [2.75, 3.05) is 18.0 Å². The molecule has 3 aromatic rings. The second kappa shape index (κ2) is 9.29. The van der Waals surface area contributed by atoms with Gasteiger partial charge in [0.1, 0.15) is 4.70 Å². The third-order valence-corrected chi connectivity index (χ3v) is 8.32. The lowest BCUT2D eigenvalue weighted by Crippen LogP contribution is -2.47. The molecule has 0 radical (unpaired) electrons. The second-order valence-corrected chi connectivity index (χ2v) is 10.6. The molecular weight excluding hydrogens is 432 g/mol. The number of aryl methyl sites for hydroxylation is 1. The molecule has 2 aliphatic rings. The number of aromatic amines is 1. The summed E-state index contributed by atoms with van der Waals surface area (Å²) >= 11 is 1.44. The summed E-state index contributed by atoms with van der Waals surface area (Å²) in [6, 6.07) is 8.61. The predicted molar refractivity (Wildman–Crippen MR) is 135 cm³/mol. The third-order valence-electron chi connectivity index (χ3n) is 7.35. The number of hydrogen-bond donors (Lipinski definition) is 2. The van der Waals surface area contributed by atoms with E-state index in [4.69, 9.17) is 4.98 Å². The van der Waals surface area contributed by atoms with Crippen molar-refractivity contribution >= 4 is 33.4 Å². The number of carbonyl (C=O) groups is 1. The van der Waals surface area contributed by atoms with Gasteiger partial charge in [0.05, 0.1) is 5.52 Å². The molecule has 1 aromatic carbocycles. The number of rotatable bonds is 4. The highest BCUT2D eigenvalue weighted by atomic mass is 32.1. The fourth-order valence-corrected chi connectivity index (χ4v) is 6.18. The van der Waals surface area contributed by atoms with E-state index in [-0.39, 0.29) is 17.4 Å². The molecule has 1 saturated carbocycles. The van der Waals surface area contributed by atoms with Gasteiger partial charge in [-0.3, -0.25) is 14.6 Å². The lowest BCUT2D eigenvalue weighted by Gasteiger charge is -2.34. The lowest BCUT2D eigenvalue weighted by molar-refractivity contribution is -0.126. The number of aromatic nitrogens is 2. The van der Waals surface area contributed by atoms with E-state index in [1.165, 1.54) is 36.2 Å². The first-order chi connectivity index (χ1) is 16.0. The van der Waals surface area contributed by atoms with Gasteiger partial charge in [0, 0.05) is 36.0 Å². The Morgan fingerprint density at radius 1 is 1.18 bits per heavy atom. The van der Waals surface area contributed by atoms with E-state index in [1.807, 2.05) is 11.4 Å². The number of amides is 1. The van der Waals surface area contributed by atoms with Crippen LogP contribution in [0.5, 0.6) is 0 Å². The zero-order chi connectivity index (χ0) is 22.9. The van der Waals surface area contributed by atoms with Gasteiger partial charge in [-0.1, -0.05) is 49.6 Å². The molecule has 2 aromatic heterocycles. The molecule has 1 aliphatic heterocycles. The van der Waals surface area contributed by atoms with Gasteiger partial charge < -0.3 is 10.2 Å². The van der Waals surface area contributed by atoms with Crippen molar-refractivity contribution in [3.05, 3.63) is 45.6 Å². The Hall–Kier alpha value is -2.67.